The molecular formula is C16H15ClN2O3. The van der Waals surface area contributed by atoms with E-state index in [1.54, 1.807) is 36.4 Å². The number of ether oxygens (including phenoxy) is 1. The van der Waals surface area contributed by atoms with E-state index in [-0.39, 0.29) is 18.9 Å². The molecule has 0 saturated carbocycles. The lowest BCUT2D eigenvalue weighted by Gasteiger charge is -2.08. The Bertz CT molecular complexity index is 630. The van der Waals surface area contributed by atoms with Gasteiger partial charge in [-0.15, -0.1) is 0 Å². The quantitative estimate of drug-likeness (QED) is 0.833. The molecule has 0 spiro atoms. The Kier molecular flexibility index (Phi) is 5.80. The minimum Gasteiger partial charge on any atom is -0.493 e. The maximum absolute atomic E-state index is 11.8. The predicted molar refractivity (Wildman–Crippen MR) is 83.6 cm³/mol. The summed E-state index contributed by atoms with van der Waals surface area (Å²) in [7, 11) is 0. The second-order valence-corrected chi connectivity index (χ2v) is 4.86. The number of rotatable bonds is 5. The summed E-state index contributed by atoms with van der Waals surface area (Å²) < 4.78 is 5.39. The summed E-state index contributed by atoms with van der Waals surface area (Å²) in [6, 6.07) is 15.5. The minimum atomic E-state index is -0.408. The van der Waals surface area contributed by atoms with Gasteiger partial charge in [-0.25, -0.2) is 0 Å². The molecular weight excluding hydrogens is 304 g/mol. The normalized spacial score (nSPS) is 9.86. The monoisotopic (exact) mass is 318 g/mol. The van der Waals surface area contributed by atoms with Gasteiger partial charge in [0, 0.05) is 10.6 Å². The van der Waals surface area contributed by atoms with Crippen LogP contribution in [0.25, 0.3) is 0 Å². The van der Waals surface area contributed by atoms with E-state index in [2.05, 4.69) is 10.9 Å². The van der Waals surface area contributed by atoms with Gasteiger partial charge in [-0.2, -0.15) is 0 Å². The van der Waals surface area contributed by atoms with Crippen molar-refractivity contribution in [2.75, 3.05) is 6.61 Å². The van der Waals surface area contributed by atoms with Crippen molar-refractivity contribution in [1.82, 2.24) is 10.9 Å². The fourth-order valence-electron chi connectivity index (χ4n) is 1.64. The Hall–Kier alpha value is -2.53. The number of amides is 2. The molecule has 6 heteroatoms. The van der Waals surface area contributed by atoms with Crippen LogP contribution >= 0.6 is 11.6 Å². The molecule has 0 radical (unpaired) electrons. The molecule has 0 aliphatic carbocycles. The van der Waals surface area contributed by atoms with Crippen LogP contribution in [0.2, 0.25) is 5.02 Å². The molecule has 0 saturated heterocycles. The van der Waals surface area contributed by atoms with Crippen LogP contribution in [-0.2, 0) is 4.79 Å². The molecule has 5 nitrogen and oxygen atoms in total. The molecule has 0 aromatic heterocycles. The molecule has 22 heavy (non-hydrogen) atoms. The largest absolute Gasteiger partial charge is 0.493 e. The summed E-state index contributed by atoms with van der Waals surface area (Å²) in [4.78, 5) is 23.4. The fourth-order valence-corrected chi connectivity index (χ4v) is 1.77. The molecule has 0 aliphatic heterocycles. The molecule has 0 fully saturated rings. The van der Waals surface area contributed by atoms with Crippen molar-refractivity contribution >= 4 is 23.4 Å². The van der Waals surface area contributed by atoms with Gasteiger partial charge in [0.15, 0.2) is 0 Å². The number of halogens is 1. The van der Waals surface area contributed by atoms with E-state index in [0.29, 0.717) is 16.3 Å². The lowest BCUT2D eigenvalue weighted by molar-refractivity contribution is -0.122. The number of benzene rings is 2. The zero-order valence-electron chi connectivity index (χ0n) is 11.7. The third-order valence-electron chi connectivity index (χ3n) is 2.76. The molecule has 2 N–H and O–H groups in total. The van der Waals surface area contributed by atoms with Crippen molar-refractivity contribution in [2.45, 2.75) is 6.42 Å². The van der Waals surface area contributed by atoms with Crippen LogP contribution in [0.3, 0.4) is 0 Å². The first-order valence-corrected chi connectivity index (χ1v) is 7.05. The van der Waals surface area contributed by atoms with Crippen molar-refractivity contribution in [3.63, 3.8) is 0 Å². The molecule has 114 valence electrons. The zero-order valence-corrected chi connectivity index (χ0v) is 12.5. The summed E-state index contributed by atoms with van der Waals surface area (Å²) in [5, 5.41) is 0.540. The van der Waals surface area contributed by atoms with E-state index in [1.807, 2.05) is 18.2 Å². The van der Waals surface area contributed by atoms with Gasteiger partial charge in [0.1, 0.15) is 5.75 Å². The molecule has 2 amide bonds. The number of carbonyl (C=O) groups excluding carboxylic acids is 2. The van der Waals surface area contributed by atoms with Gasteiger partial charge in [-0.1, -0.05) is 29.8 Å². The van der Waals surface area contributed by atoms with Gasteiger partial charge in [0.05, 0.1) is 13.0 Å². The molecule has 0 unspecified atom stereocenters. The molecule has 0 atom stereocenters. The lowest BCUT2D eigenvalue weighted by Crippen LogP contribution is -2.42. The topological polar surface area (TPSA) is 67.4 Å². The van der Waals surface area contributed by atoms with E-state index in [0.717, 1.165) is 0 Å². The zero-order chi connectivity index (χ0) is 15.8. The molecule has 0 bridgehead atoms. The van der Waals surface area contributed by atoms with Crippen LogP contribution in [0.1, 0.15) is 16.8 Å². The summed E-state index contributed by atoms with van der Waals surface area (Å²) in [6.07, 6.45) is 0.135. The minimum absolute atomic E-state index is 0.135. The van der Waals surface area contributed by atoms with Crippen molar-refractivity contribution in [3.8, 4) is 5.75 Å². The average molecular weight is 319 g/mol. The molecule has 0 heterocycles. The van der Waals surface area contributed by atoms with Crippen molar-refractivity contribution < 1.29 is 14.3 Å². The van der Waals surface area contributed by atoms with Crippen LogP contribution in [0.15, 0.2) is 54.6 Å². The van der Waals surface area contributed by atoms with Gasteiger partial charge >= 0.3 is 0 Å². The SMILES string of the molecule is O=C(CCOc1ccccc1)NNC(=O)c1ccc(Cl)cc1. The van der Waals surface area contributed by atoms with Gasteiger partial charge in [0.2, 0.25) is 5.91 Å². The molecule has 0 aliphatic rings. The first-order valence-electron chi connectivity index (χ1n) is 6.68. The highest BCUT2D eigenvalue weighted by molar-refractivity contribution is 6.30. The van der Waals surface area contributed by atoms with E-state index in [9.17, 15) is 9.59 Å². The van der Waals surface area contributed by atoms with E-state index in [1.165, 1.54) is 0 Å². The smallest absolute Gasteiger partial charge is 0.269 e. The summed E-state index contributed by atoms with van der Waals surface area (Å²) in [5.74, 6) is -0.0484. The molecule has 2 aromatic rings. The third-order valence-corrected chi connectivity index (χ3v) is 3.01. The second kappa shape index (κ2) is 8.05. The highest BCUT2D eigenvalue weighted by Gasteiger charge is 2.07. The van der Waals surface area contributed by atoms with Crippen molar-refractivity contribution in [1.29, 1.82) is 0 Å². The van der Waals surface area contributed by atoms with Crippen LogP contribution in [0.5, 0.6) is 5.75 Å². The third kappa shape index (κ3) is 5.10. The van der Waals surface area contributed by atoms with Crippen molar-refractivity contribution in [3.05, 3.63) is 65.2 Å². The number of hydrazine groups is 1. The summed E-state index contributed by atoms with van der Waals surface area (Å²) in [6.45, 7) is 0.229. The molecule has 2 rings (SSSR count). The van der Waals surface area contributed by atoms with Crippen molar-refractivity contribution in [2.24, 2.45) is 0 Å². The van der Waals surface area contributed by atoms with E-state index in [4.69, 9.17) is 16.3 Å². The number of hydrogen-bond acceptors (Lipinski definition) is 3. The first-order chi connectivity index (χ1) is 10.6. The highest BCUT2D eigenvalue weighted by atomic mass is 35.5. The highest BCUT2D eigenvalue weighted by Crippen LogP contribution is 2.09. The maximum atomic E-state index is 11.8. The van der Waals surface area contributed by atoms with E-state index >= 15 is 0 Å². The van der Waals surface area contributed by atoms with Gasteiger partial charge in [-0.3, -0.25) is 20.4 Å². The first kappa shape index (κ1) is 15.9. The van der Waals surface area contributed by atoms with Gasteiger partial charge in [0.25, 0.3) is 5.91 Å². The van der Waals surface area contributed by atoms with Gasteiger partial charge < -0.3 is 4.74 Å². The van der Waals surface area contributed by atoms with Gasteiger partial charge in [-0.05, 0) is 36.4 Å². The Morgan fingerprint density at radius 3 is 2.32 bits per heavy atom. The molecule has 2 aromatic carbocycles. The standard InChI is InChI=1S/C16H15ClN2O3/c17-13-8-6-12(7-9-13)16(21)19-18-15(20)10-11-22-14-4-2-1-3-5-14/h1-9H,10-11H2,(H,18,20)(H,19,21). The number of para-hydroxylation sites is 1. The maximum Gasteiger partial charge on any atom is 0.269 e. The number of nitrogens with one attached hydrogen (secondary N) is 2. The van der Waals surface area contributed by atoms with Crippen LogP contribution in [0.4, 0.5) is 0 Å². The van der Waals surface area contributed by atoms with E-state index < -0.39 is 5.91 Å². The summed E-state index contributed by atoms with van der Waals surface area (Å²) >= 11 is 5.74. The van der Waals surface area contributed by atoms with Crippen LogP contribution in [-0.4, -0.2) is 18.4 Å². The Morgan fingerprint density at radius 2 is 1.64 bits per heavy atom. The average Bonchev–Trinajstić information content (AvgIpc) is 2.54. The predicted octanol–water partition coefficient (Wildman–Crippen LogP) is 2.57. The Labute approximate surface area is 133 Å². The lowest BCUT2D eigenvalue weighted by atomic mass is 10.2. The van der Waals surface area contributed by atoms with Crippen LogP contribution in [0, 0.1) is 0 Å². The second-order valence-electron chi connectivity index (χ2n) is 4.42. The number of hydrogen-bond donors (Lipinski definition) is 2. The van der Waals surface area contributed by atoms with Crippen LogP contribution < -0.4 is 15.6 Å². The fraction of sp³-hybridized carbons (Fsp3) is 0.125. The summed E-state index contributed by atoms with van der Waals surface area (Å²) in [5.41, 5.74) is 5.07. The Balaban J connectivity index is 1.69. The number of carbonyl (C=O) groups is 2. The Morgan fingerprint density at radius 1 is 0.955 bits per heavy atom.